The van der Waals surface area contributed by atoms with Crippen LogP contribution >= 0.6 is 11.3 Å². The molecule has 4 heteroatoms. The zero-order valence-electron chi connectivity index (χ0n) is 9.68. The van der Waals surface area contributed by atoms with Gasteiger partial charge in [0.15, 0.2) is 0 Å². The fourth-order valence-electron chi connectivity index (χ4n) is 1.86. The Kier molecular flexibility index (Phi) is 3.74. The van der Waals surface area contributed by atoms with E-state index < -0.39 is 0 Å². The minimum absolute atomic E-state index is 0.450. The maximum atomic E-state index is 4.18. The van der Waals surface area contributed by atoms with Crippen LogP contribution in [0.4, 0.5) is 0 Å². The third-order valence-electron chi connectivity index (χ3n) is 2.77. The third kappa shape index (κ3) is 2.71. The van der Waals surface area contributed by atoms with E-state index >= 15 is 0 Å². The Labute approximate surface area is 100 Å². The fourth-order valence-corrected chi connectivity index (χ4v) is 2.58. The summed E-state index contributed by atoms with van der Waals surface area (Å²) in [6.07, 6.45) is 6.20. The van der Waals surface area contributed by atoms with Gasteiger partial charge in [-0.1, -0.05) is 0 Å². The Bertz CT molecular complexity index is 419. The Morgan fingerprint density at radius 1 is 1.56 bits per heavy atom. The van der Waals surface area contributed by atoms with Crippen molar-refractivity contribution in [3.05, 3.63) is 40.3 Å². The highest BCUT2D eigenvalue weighted by atomic mass is 32.1. The van der Waals surface area contributed by atoms with Crippen molar-refractivity contribution >= 4 is 11.3 Å². The second-order valence-corrected chi connectivity index (χ2v) is 4.74. The molecule has 16 heavy (non-hydrogen) atoms. The average molecular weight is 235 g/mol. The molecule has 86 valence electrons. The third-order valence-corrected chi connectivity index (χ3v) is 3.48. The smallest absolute Gasteiger partial charge is 0.0521 e. The maximum absolute atomic E-state index is 4.18. The van der Waals surface area contributed by atoms with Gasteiger partial charge in [0.05, 0.1) is 6.20 Å². The first kappa shape index (κ1) is 11.4. The van der Waals surface area contributed by atoms with Crippen LogP contribution in [-0.2, 0) is 13.5 Å². The number of hydrogen-bond acceptors (Lipinski definition) is 3. The molecule has 2 aromatic rings. The van der Waals surface area contributed by atoms with E-state index in [1.807, 2.05) is 25.0 Å². The molecular formula is C12H17N3S. The second kappa shape index (κ2) is 5.27. The van der Waals surface area contributed by atoms with E-state index in [1.165, 1.54) is 11.1 Å². The van der Waals surface area contributed by atoms with Crippen LogP contribution < -0.4 is 5.32 Å². The summed E-state index contributed by atoms with van der Waals surface area (Å²) >= 11 is 1.75. The van der Waals surface area contributed by atoms with Gasteiger partial charge in [0, 0.05) is 19.3 Å². The molecule has 0 aliphatic rings. The van der Waals surface area contributed by atoms with Gasteiger partial charge in [0.1, 0.15) is 0 Å². The van der Waals surface area contributed by atoms with Crippen molar-refractivity contribution in [2.45, 2.75) is 18.9 Å². The number of nitrogens with zero attached hydrogens (tertiary/aromatic N) is 2. The molecule has 0 bridgehead atoms. The van der Waals surface area contributed by atoms with Gasteiger partial charge in [-0.15, -0.1) is 0 Å². The summed E-state index contributed by atoms with van der Waals surface area (Å²) in [5, 5.41) is 11.9. The van der Waals surface area contributed by atoms with Crippen LogP contribution in [0.15, 0.2) is 29.2 Å². The molecule has 1 N–H and O–H groups in total. The molecule has 0 saturated carbocycles. The molecule has 1 unspecified atom stereocenters. The first-order chi connectivity index (χ1) is 7.79. The average Bonchev–Trinajstić information content (AvgIpc) is 2.91. The molecule has 2 aromatic heterocycles. The topological polar surface area (TPSA) is 29.9 Å². The van der Waals surface area contributed by atoms with Crippen LogP contribution in [0.1, 0.15) is 23.6 Å². The van der Waals surface area contributed by atoms with Crippen molar-refractivity contribution in [1.29, 1.82) is 0 Å². The lowest BCUT2D eigenvalue weighted by Crippen LogP contribution is -2.16. The predicted octanol–water partition coefficient (Wildman–Crippen LogP) is 2.37. The highest BCUT2D eigenvalue weighted by molar-refractivity contribution is 7.07. The minimum Gasteiger partial charge on any atom is -0.313 e. The van der Waals surface area contributed by atoms with E-state index in [-0.39, 0.29) is 0 Å². The second-order valence-electron chi connectivity index (χ2n) is 3.96. The molecule has 0 saturated heterocycles. The van der Waals surface area contributed by atoms with Crippen LogP contribution in [0, 0.1) is 0 Å². The zero-order chi connectivity index (χ0) is 11.4. The highest BCUT2D eigenvalue weighted by Gasteiger charge is 2.09. The van der Waals surface area contributed by atoms with Gasteiger partial charge >= 0.3 is 0 Å². The van der Waals surface area contributed by atoms with E-state index in [2.05, 4.69) is 33.4 Å². The van der Waals surface area contributed by atoms with Crippen molar-refractivity contribution in [3.63, 3.8) is 0 Å². The normalized spacial score (nSPS) is 12.9. The molecule has 2 heterocycles. The van der Waals surface area contributed by atoms with Crippen LogP contribution in [-0.4, -0.2) is 16.8 Å². The number of thiophene rings is 1. The largest absolute Gasteiger partial charge is 0.313 e. The lowest BCUT2D eigenvalue weighted by molar-refractivity contribution is 0.550. The summed E-state index contributed by atoms with van der Waals surface area (Å²) in [5.41, 5.74) is 2.69. The van der Waals surface area contributed by atoms with Crippen molar-refractivity contribution < 1.29 is 0 Å². The van der Waals surface area contributed by atoms with Crippen LogP contribution in [0.3, 0.4) is 0 Å². The molecule has 0 aromatic carbocycles. The molecule has 2 rings (SSSR count). The predicted molar refractivity (Wildman–Crippen MR) is 67.6 cm³/mol. The monoisotopic (exact) mass is 235 g/mol. The number of nitrogens with one attached hydrogen (secondary N) is 1. The molecule has 0 aliphatic carbocycles. The SMILES string of the molecule is CNC(CCc1cnn(C)c1)c1ccsc1. The number of aryl methyl sites for hydroxylation is 2. The van der Waals surface area contributed by atoms with Crippen molar-refractivity contribution in [1.82, 2.24) is 15.1 Å². The van der Waals surface area contributed by atoms with E-state index in [0.717, 1.165) is 12.8 Å². The number of hydrogen-bond donors (Lipinski definition) is 1. The van der Waals surface area contributed by atoms with Gasteiger partial charge < -0.3 is 5.32 Å². The molecular weight excluding hydrogens is 218 g/mol. The Morgan fingerprint density at radius 2 is 2.44 bits per heavy atom. The first-order valence-electron chi connectivity index (χ1n) is 5.46. The summed E-state index contributed by atoms with van der Waals surface area (Å²) in [6.45, 7) is 0. The molecule has 1 atom stereocenters. The Balaban J connectivity index is 1.93. The van der Waals surface area contributed by atoms with E-state index in [4.69, 9.17) is 0 Å². The molecule has 0 amide bonds. The fraction of sp³-hybridized carbons (Fsp3) is 0.417. The quantitative estimate of drug-likeness (QED) is 0.862. The van der Waals surface area contributed by atoms with Crippen LogP contribution in [0.25, 0.3) is 0 Å². The molecule has 0 aliphatic heterocycles. The van der Waals surface area contributed by atoms with Gasteiger partial charge in [-0.25, -0.2) is 0 Å². The van der Waals surface area contributed by atoms with Gasteiger partial charge in [0.2, 0.25) is 0 Å². The van der Waals surface area contributed by atoms with E-state index in [0.29, 0.717) is 6.04 Å². The Morgan fingerprint density at radius 3 is 3.00 bits per heavy atom. The lowest BCUT2D eigenvalue weighted by atomic mass is 10.0. The molecule has 0 spiro atoms. The summed E-state index contributed by atoms with van der Waals surface area (Å²) in [4.78, 5) is 0. The summed E-state index contributed by atoms with van der Waals surface area (Å²) in [5.74, 6) is 0. The Hall–Kier alpha value is -1.13. The zero-order valence-corrected chi connectivity index (χ0v) is 10.5. The van der Waals surface area contributed by atoms with Gasteiger partial charge in [-0.2, -0.15) is 16.4 Å². The molecule has 0 radical (unpaired) electrons. The highest BCUT2D eigenvalue weighted by Crippen LogP contribution is 2.20. The first-order valence-corrected chi connectivity index (χ1v) is 6.41. The standard InChI is InChI=1S/C12H17N3S/c1-13-12(11-5-6-16-9-11)4-3-10-7-14-15(2)8-10/h5-9,12-13H,3-4H2,1-2H3. The van der Waals surface area contributed by atoms with Crippen molar-refractivity contribution in [2.24, 2.45) is 7.05 Å². The van der Waals surface area contributed by atoms with Crippen LogP contribution in [0.2, 0.25) is 0 Å². The lowest BCUT2D eigenvalue weighted by Gasteiger charge is -2.13. The maximum Gasteiger partial charge on any atom is 0.0521 e. The summed E-state index contributed by atoms with van der Waals surface area (Å²) in [6, 6.07) is 2.64. The molecule has 3 nitrogen and oxygen atoms in total. The summed E-state index contributed by atoms with van der Waals surface area (Å²) in [7, 11) is 3.98. The van der Waals surface area contributed by atoms with Crippen molar-refractivity contribution in [3.8, 4) is 0 Å². The van der Waals surface area contributed by atoms with Crippen LogP contribution in [0.5, 0.6) is 0 Å². The van der Waals surface area contributed by atoms with Gasteiger partial charge in [-0.05, 0) is 47.8 Å². The molecule has 0 fully saturated rings. The van der Waals surface area contributed by atoms with E-state index in [1.54, 1.807) is 11.3 Å². The van der Waals surface area contributed by atoms with Gasteiger partial charge in [0.25, 0.3) is 0 Å². The summed E-state index contributed by atoms with van der Waals surface area (Å²) < 4.78 is 1.86. The van der Waals surface area contributed by atoms with Crippen molar-refractivity contribution in [2.75, 3.05) is 7.05 Å². The van der Waals surface area contributed by atoms with Gasteiger partial charge in [-0.3, -0.25) is 4.68 Å². The number of rotatable bonds is 5. The number of aromatic nitrogens is 2. The minimum atomic E-state index is 0.450. The van der Waals surface area contributed by atoms with E-state index in [9.17, 15) is 0 Å².